The number of ether oxygens (including phenoxy) is 1. The SMILES string of the molecule is C[C@@H]1CN(CCCNS(=O)(=O)c2cc(C(F)(F)F)cc(C(F)(F)F)c2)C[C@@H](C)O1. The van der Waals surface area contributed by atoms with E-state index < -0.39 is 38.4 Å². The molecule has 2 rings (SSSR count). The summed E-state index contributed by atoms with van der Waals surface area (Å²) in [5.74, 6) is 0. The molecule has 0 spiro atoms. The van der Waals surface area contributed by atoms with Crippen molar-refractivity contribution in [3.8, 4) is 0 Å². The normalized spacial score (nSPS) is 22.1. The maximum Gasteiger partial charge on any atom is 0.416 e. The molecule has 2 atom stereocenters. The summed E-state index contributed by atoms with van der Waals surface area (Å²) in [4.78, 5) is 0.979. The van der Waals surface area contributed by atoms with E-state index in [4.69, 9.17) is 4.74 Å². The largest absolute Gasteiger partial charge is 0.416 e. The van der Waals surface area contributed by atoms with Gasteiger partial charge in [-0.3, -0.25) is 4.90 Å². The first kappa shape index (κ1) is 23.9. The van der Waals surface area contributed by atoms with Gasteiger partial charge in [0.05, 0.1) is 28.2 Å². The number of alkyl halides is 6. The monoisotopic (exact) mass is 448 g/mol. The van der Waals surface area contributed by atoms with Crippen molar-refractivity contribution in [3.05, 3.63) is 29.3 Å². The maximum absolute atomic E-state index is 12.9. The fourth-order valence-electron chi connectivity index (χ4n) is 3.14. The molecule has 1 aromatic carbocycles. The van der Waals surface area contributed by atoms with Crippen molar-refractivity contribution in [3.63, 3.8) is 0 Å². The van der Waals surface area contributed by atoms with Crippen molar-refractivity contribution in [2.75, 3.05) is 26.2 Å². The van der Waals surface area contributed by atoms with Gasteiger partial charge >= 0.3 is 12.4 Å². The van der Waals surface area contributed by atoms with E-state index in [1.165, 1.54) is 0 Å². The molecule has 166 valence electrons. The fraction of sp³-hybridized carbons (Fsp3) is 0.647. The molecule has 0 unspecified atom stereocenters. The third-order valence-corrected chi connectivity index (χ3v) is 5.75. The van der Waals surface area contributed by atoms with E-state index in [0.29, 0.717) is 26.1 Å². The number of hydrogen-bond acceptors (Lipinski definition) is 4. The molecule has 1 N–H and O–H groups in total. The van der Waals surface area contributed by atoms with E-state index >= 15 is 0 Å². The quantitative estimate of drug-likeness (QED) is 0.535. The van der Waals surface area contributed by atoms with Crippen LogP contribution in [0.3, 0.4) is 0 Å². The molecule has 0 aromatic heterocycles. The molecular formula is C17H22F6N2O3S. The zero-order valence-electron chi connectivity index (χ0n) is 15.8. The number of morpholine rings is 1. The van der Waals surface area contributed by atoms with Crippen LogP contribution in [0.4, 0.5) is 26.3 Å². The van der Waals surface area contributed by atoms with Crippen LogP contribution in [0.5, 0.6) is 0 Å². The van der Waals surface area contributed by atoms with Gasteiger partial charge in [0, 0.05) is 19.6 Å². The lowest BCUT2D eigenvalue weighted by atomic mass is 10.1. The molecule has 5 nitrogen and oxygen atoms in total. The number of benzene rings is 1. The second-order valence-electron chi connectivity index (χ2n) is 7.01. The molecular weight excluding hydrogens is 426 g/mol. The second-order valence-corrected chi connectivity index (χ2v) is 8.78. The molecule has 0 bridgehead atoms. The average molecular weight is 448 g/mol. The molecule has 1 aromatic rings. The topological polar surface area (TPSA) is 58.6 Å². The lowest BCUT2D eigenvalue weighted by molar-refractivity contribution is -0.143. The van der Waals surface area contributed by atoms with Crippen LogP contribution in [0.2, 0.25) is 0 Å². The van der Waals surface area contributed by atoms with E-state index in [0.717, 1.165) is 0 Å². The molecule has 1 fully saturated rings. The molecule has 0 amide bonds. The number of sulfonamides is 1. The highest BCUT2D eigenvalue weighted by atomic mass is 32.2. The summed E-state index contributed by atoms with van der Waals surface area (Å²) in [6.07, 6.45) is -9.86. The lowest BCUT2D eigenvalue weighted by Gasteiger charge is -2.35. The predicted molar refractivity (Wildman–Crippen MR) is 92.7 cm³/mol. The van der Waals surface area contributed by atoms with Crippen LogP contribution in [-0.2, 0) is 27.1 Å². The summed E-state index contributed by atoms with van der Waals surface area (Å²) < 4.78 is 110. The average Bonchev–Trinajstić information content (AvgIpc) is 2.56. The minimum absolute atomic E-state index is 0.0151. The second kappa shape index (κ2) is 8.78. The minimum atomic E-state index is -5.12. The standard InChI is InChI=1S/C17H22F6N2O3S/c1-11-9-25(10-12(2)28-11)5-3-4-24-29(26,27)15-7-13(16(18,19)20)6-14(8-15)17(21,22)23/h6-8,11-12,24H,3-5,9-10H2,1-2H3/t11-,12-/m1/s1. The van der Waals surface area contributed by atoms with Gasteiger partial charge in [0.15, 0.2) is 0 Å². The van der Waals surface area contributed by atoms with Crippen molar-refractivity contribution in [1.82, 2.24) is 9.62 Å². The first-order chi connectivity index (χ1) is 13.2. The van der Waals surface area contributed by atoms with E-state index in [1.807, 2.05) is 13.8 Å². The van der Waals surface area contributed by atoms with Crippen LogP contribution in [0, 0.1) is 0 Å². The lowest BCUT2D eigenvalue weighted by Crippen LogP contribution is -2.46. The molecule has 29 heavy (non-hydrogen) atoms. The molecule has 0 radical (unpaired) electrons. The molecule has 1 saturated heterocycles. The zero-order valence-corrected chi connectivity index (χ0v) is 16.6. The van der Waals surface area contributed by atoms with Crippen molar-refractivity contribution < 1.29 is 39.5 Å². The van der Waals surface area contributed by atoms with E-state index in [-0.39, 0.29) is 37.0 Å². The Morgan fingerprint density at radius 1 is 1.00 bits per heavy atom. The van der Waals surface area contributed by atoms with Crippen LogP contribution >= 0.6 is 0 Å². The third-order valence-electron chi connectivity index (χ3n) is 4.31. The number of rotatable bonds is 6. The zero-order chi connectivity index (χ0) is 22.0. The molecule has 1 aliphatic rings. The predicted octanol–water partition coefficient (Wildman–Crippen LogP) is 3.50. The molecule has 1 aliphatic heterocycles. The van der Waals surface area contributed by atoms with Crippen LogP contribution in [0.1, 0.15) is 31.4 Å². The summed E-state index contributed by atoms with van der Waals surface area (Å²) in [5, 5.41) is 0. The van der Waals surface area contributed by atoms with Crippen LogP contribution < -0.4 is 4.72 Å². The summed E-state index contributed by atoms with van der Waals surface area (Å²) in [6.45, 7) is 5.49. The van der Waals surface area contributed by atoms with Crippen molar-refractivity contribution >= 4 is 10.0 Å². The molecule has 12 heteroatoms. The molecule has 0 aliphatic carbocycles. The summed E-state index contributed by atoms with van der Waals surface area (Å²) in [6, 6.07) is 0.283. The van der Waals surface area contributed by atoms with Crippen molar-refractivity contribution in [2.24, 2.45) is 0 Å². The van der Waals surface area contributed by atoms with Gasteiger partial charge in [-0.1, -0.05) is 0 Å². The van der Waals surface area contributed by atoms with E-state index in [9.17, 15) is 34.8 Å². The summed E-state index contributed by atoms with van der Waals surface area (Å²) in [5.41, 5.74) is -3.35. The first-order valence-electron chi connectivity index (χ1n) is 8.85. The van der Waals surface area contributed by atoms with Crippen molar-refractivity contribution in [1.29, 1.82) is 0 Å². The third kappa shape index (κ3) is 6.83. The van der Waals surface area contributed by atoms with Crippen molar-refractivity contribution in [2.45, 2.75) is 49.7 Å². The minimum Gasteiger partial charge on any atom is -0.373 e. The van der Waals surface area contributed by atoms with Crippen LogP contribution in [0.25, 0.3) is 0 Å². The number of hydrogen-bond donors (Lipinski definition) is 1. The van der Waals surface area contributed by atoms with Gasteiger partial charge in [-0.2, -0.15) is 26.3 Å². The first-order valence-corrected chi connectivity index (χ1v) is 10.3. The van der Waals surface area contributed by atoms with Gasteiger partial charge in [-0.15, -0.1) is 0 Å². The Morgan fingerprint density at radius 3 is 1.93 bits per heavy atom. The highest BCUT2D eigenvalue weighted by molar-refractivity contribution is 7.89. The maximum atomic E-state index is 12.9. The van der Waals surface area contributed by atoms with Crippen LogP contribution in [-0.4, -0.2) is 51.7 Å². The van der Waals surface area contributed by atoms with Gasteiger partial charge in [-0.05, 0) is 45.0 Å². The Labute approximate surface area is 165 Å². The summed E-state index contributed by atoms with van der Waals surface area (Å²) in [7, 11) is -4.54. The Bertz CT molecular complexity index is 768. The highest BCUT2D eigenvalue weighted by Gasteiger charge is 2.38. The van der Waals surface area contributed by atoms with Gasteiger partial charge in [0.25, 0.3) is 0 Å². The Balaban J connectivity index is 2.08. The van der Waals surface area contributed by atoms with Gasteiger partial charge in [0.1, 0.15) is 0 Å². The number of nitrogens with one attached hydrogen (secondary N) is 1. The smallest absolute Gasteiger partial charge is 0.373 e. The molecule has 0 saturated carbocycles. The number of nitrogens with zero attached hydrogens (tertiary/aromatic N) is 1. The Hall–Kier alpha value is -1.37. The van der Waals surface area contributed by atoms with E-state index in [2.05, 4.69) is 9.62 Å². The Morgan fingerprint density at radius 2 is 1.48 bits per heavy atom. The van der Waals surface area contributed by atoms with Gasteiger partial charge < -0.3 is 4.74 Å². The Kier molecular flexibility index (Phi) is 7.24. The van der Waals surface area contributed by atoms with Gasteiger partial charge in [-0.25, -0.2) is 13.1 Å². The number of halogens is 6. The van der Waals surface area contributed by atoms with Gasteiger partial charge in [0.2, 0.25) is 10.0 Å². The van der Waals surface area contributed by atoms with E-state index in [1.54, 1.807) is 0 Å². The van der Waals surface area contributed by atoms with Crippen LogP contribution in [0.15, 0.2) is 23.1 Å². The fourth-order valence-corrected chi connectivity index (χ4v) is 4.28. The highest BCUT2D eigenvalue weighted by Crippen LogP contribution is 2.37. The summed E-state index contributed by atoms with van der Waals surface area (Å²) >= 11 is 0. The molecule has 1 heterocycles.